The van der Waals surface area contributed by atoms with Crippen LogP contribution in [0.3, 0.4) is 0 Å². The second-order valence-electron chi connectivity index (χ2n) is 6.54. The number of likely N-dealkylation sites (N-methyl/N-ethyl adjacent to an activating group) is 1. The van der Waals surface area contributed by atoms with Gasteiger partial charge in [-0.05, 0) is 25.2 Å². The van der Waals surface area contributed by atoms with Crippen LogP contribution in [0.4, 0.5) is 5.82 Å². The number of hydrogen-bond acceptors (Lipinski definition) is 8. The van der Waals surface area contributed by atoms with Crippen LogP contribution < -0.4 is 5.43 Å². The van der Waals surface area contributed by atoms with E-state index >= 15 is 0 Å². The maximum Gasteiger partial charge on any atom is 0.338 e. The summed E-state index contributed by atoms with van der Waals surface area (Å²) in [5, 5.41) is 4.07. The van der Waals surface area contributed by atoms with Crippen LogP contribution in [0.1, 0.15) is 15.9 Å². The highest BCUT2D eigenvalue weighted by atomic mass is 32.2. The number of piperazine rings is 1. The molecule has 1 saturated heterocycles. The number of nitrogens with one attached hydrogen (secondary N) is 1. The molecule has 0 spiro atoms. The van der Waals surface area contributed by atoms with E-state index in [1.807, 2.05) is 7.05 Å². The van der Waals surface area contributed by atoms with E-state index in [-0.39, 0.29) is 4.90 Å². The van der Waals surface area contributed by atoms with E-state index in [1.54, 1.807) is 30.3 Å². The van der Waals surface area contributed by atoms with Gasteiger partial charge in [-0.3, -0.25) is 5.43 Å². The van der Waals surface area contributed by atoms with Crippen molar-refractivity contribution in [3.05, 3.63) is 53.7 Å². The van der Waals surface area contributed by atoms with Crippen LogP contribution in [0.25, 0.3) is 0 Å². The number of hydrogen-bond donors (Lipinski definition) is 1. The number of aromatic nitrogens is 1. The van der Waals surface area contributed by atoms with Gasteiger partial charge in [0.15, 0.2) is 0 Å². The van der Waals surface area contributed by atoms with Crippen LogP contribution in [0.2, 0.25) is 0 Å². The summed E-state index contributed by atoms with van der Waals surface area (Å²) in [7, 11) is -0.273. The average molecular weight is 417 g/mol. The molecule has 0 saturated carbocycles. The van der Waals surface area contributed by atoms with Gasteiger partial charge in [0, 0.05) is 37.9 Å². The van der Waals surface area contributed by atoms with Crippen molar-refractivity contribution >= 4 is 28.0 Å². The standard InChI is InChI=1S/C19H23N5O4S/c1-23-9-11-24(12-10-23)29(26,27)16-7-8-18(20-14-16)22-21-13-15-5-3-4-6-17(15)19(25)28-2/h3-8,13-14H,9-12H2,1-2H3,(H,20,22)/b21-13-. The van der Waals surface area contributed by atoms with Gasteiger partial charge in [0.1, 0.15) is 10.7 Å². The fourth-order valence-electron chi connectivity index (χ4n) is 2.85. The van der Waals surface area contributed by atoms with Crippen molar-refractivity contribution in [2.24, 2.45) is 5.10 Å². The maximum absolute atomic E-state index is 12.7. The highest BCUT2D eigenvalue weighted by Crippen LogP contribution is 2.18. The topological polar surface area (TPSA) is 104 Å². The highest BCUT2D eigenvalue weighted by Gasteiger charge is 2.27. The summed E-state index contributed by atoms with van der Waals surface area (Å²) < 4.78 is 31.6. The number of methoxy groups -OCH3 is 1. The second-order valence-corrected chi connectivity index (χ2v) is 8.47. The Kier molecular flexibility index (Phi) is 6.57. The number of carbonyl (C=O) groups excluding carboxylic acids is 1. The first kappa shape index (κ1) is 20.9. The lowest BCUT2D eigenvalue weighted by molar-refractivity contribution is 0.0600. The van der Waals surface area contributed by atoms with Crippen molar-refractivity contribution in [3.63, 3.8) is 0 Å². The molecule has 0 bridgehead atoms. The Labute approximate surface area is 170 Å². The van der Waals surface area contributed by atoms with Crippen LogP contribution in [0.5, 0.6) is 0 Å². The van der Waals surface area contributed by atoms with Crippen LogP contribution in [0, 0.1) is 0 Å². The van der Waals surface area contributed by atoms with E-state index in [0.29, 0.717) is 43.1 Å². The van der Waals surface area contributed by atoms with Gasteiger partial charge in [-0.1, -0.05) is 18.2 Å². The predicted molar refractivity (Wildman–Crippen MR) is 109 cm³/mol. The number of pyridine rings is 1. The highest BCUT2D eigenvalue weighted by molar-refractivity contribution is 7.89. The number of rotatable bonds is 6. The quantitative estimate of drug-likeness (QED) is 0.428. The Morgan fingerprint density at radius 2 is 1.90 bits per heavy atom. The van der Waals surface area contributed by atoms with Crippen LogP contribution in [-0.2, 0) is 14.8 Å². The normalized spacial score (nSPS) is 16.1. The van der Waals surface area contributed by atoms with E-state index < -0.39 is 16.0 Å². The number of anilines is 1. The molecule has 2 aromatic rings. The molecular weight excluding hydrogens is 394 g/mol. The van der Waals surface area contributed by atoms with Gasteiger partial charge in [0.25, 0.3) is 0 Å². The van der Waals surface area contributed by atoms with Crippen molar-refractivity contribution in [3.8, 4) is 0 Å². The Morgan fingerprint density at radius 1 is 1.17 bits per heavy atom. The monoisotopic (exact) mass is 417 g/mol. The molecule has 0 aliphatic carbocycles. The number of nitrogens with zero attached hydrogens (tertiary/aromatic N) is 4. The lowest BCUT2D eigenvalue weighted by Gasteiger charge is -2.31. The largest absolute Gasteiger partial charge is 0.465 e. The molecule has 1 aromatic carbocycles. The van der Waals surface area contributed by atoms with Crippen molar-refractivity contribution in [2.75, 3.05) is 45.8 Å². The van der Waals surface area contributed by atoms with Crippen molar-refractivity contribution < 1.29 is 17.9 Å². The zero-order valence-electron chi connectivity index (χ0n) is 16.3. The SMILES string of the molecule is COC(=O)c1ccccc1/C=N\Nc1ccc(S(=O)(=O)N2CCN(C)CC2)cn1. The smallest absolute Gasteiger partial charge is 0.338 e. The first-order valence-corrected chi connectivity index (χ1v) is 10.5. The number of benzene rings is 1. The predicted octanol–water partition coefficient (Wildman–Crippen LogP) is 1.25. The number of sulfonamides is 1. The van der Waals surface area contributed by atoms with Crippen molar-refractivity contribution in [1.29, 1.82) is 0 Å². The molecule has 0 unspecified atom stereocenters. The van der Waals surface area contributed by atoms with Gasteiger partial charge < -0.3 is 9.64 Å². The van der Waals surface area contributed by atoms with E-state index in [2.05, 4.69) is 20.4 Å². The summed E-state index contributed by atoms with van der Waals surface area (Å²) in [6.07, 6.45) is 2.79. The average Bonchev–Trinajstić information content (AvgIpc) is 2.74. The molecule has 154 valence electrons. The minimum absolute atomic E-state index is 0.146. The molecule has 0 radical (unpaired) electrons. The zero-order chi connectivity index (χ0) is 20.9. The van der Waals surface area contributed by atoms with Gasteiger partial charge in [-0.2, -0.15) is 9.41 Å². The number of hydrazone groups is 1. The van der Waals surface area contributed by atoms with E-state index in [0.717, 1.165) is 0 Å². The third-order valence-corrected chi connectivity index (χ3v) is 6.47. The first-order chi connectivity index (χ1) is 13.9. The third-order valence-electron chi connectivity index (χ3n) is 4.59. The molecule has 1 N–H and O–H groups in total. The Bertz CT molecular complexity index is 984. The summed E-state index contributed by atoms with van der Waals surface area (Å²) in [6, 6.07) is 9.94. The summed E-state index contributed by atoms with van der Waals surface area (Å²) in [4.78, 5) is 18.1. The van der Waals surface area contributed by atoms with Gasteiger partial charge in [-0.15, -0.1) is 0 Å². The zero-order valence-corrected chi connectivity index (χ0v) is 17.1. The van der Waals surface area contributed by atoms with E-state index in [9.17, 15) is 13.2 Å². The Balaban J connectivity index is 1.67. The number of ether oxygens (including phenoxy) is 1. The van der Waals surface area contributed by atoms with E-state index in [1.165, 1.54) is 29.9 Å². The molecule has 1 aliphatic rings. The summed E-state index contributed by atoms with van der Waals surface area (Å²) >= 11 is 0. The van der Waals surface area contributed by atoms with Crippen LogP contribution in [0.15, 0.2) is 52.6 Å². The number of esters is 1. The molecule has 1 aromatic heterocycles. The van der Waals surface area contributed by atoms with E-state index in [4.69, 9.17) is 4.74 Å². The Hall–Kier alpha value is -2.82. The molecule has 0 amide bonds. The molecule has 1 aliphatic heterocycles. The molecule has 1 fully saturated rings. The molecule has 0 atom stereocenters. The molecule has 2 heterocycles. The minimum Gasteiger partial charge on any atom is -0.465 e. The van der Waals surface area contributed by atoms with Crippen molar-refractivity contribution in [2.45, 2.75) is 4.90 Å². The van der Waals surface area contributed by atoms with Gasteiger partial charge >= 0.3 is 5.97 Å². The molecule has 29 heavy (non-hydrogen) atoms. The fourth-order valence-corrected chi connectivity index (χ4v) is 4.22. The third kappa shape index (κ3) is 4.97. The van der Waals surface area contributed by atoms with Crippen molar-refractivity contribution in [1.82, 2.24) is 14.2 Å². The summed E-state index contributed by atoms with van der Waals surface area (Å²) in [5.74, 6) is -0.0715. The maximum atomic E-state index is 12.7. The second kappa shape index (κ2) is 9.12. The minimum atomic E-state index is -3.56. The van der Waals surface area contributed by atoms with Crippen LogP contribution in [-0.4, -0.2) is 75.1 Å². The molecule has 9 nitrogen and oxygen atoms in total. The fraction of sp³-hybridized carbons (Fsp3) is 0.316. The van der Waals surface area contributed by atoms with Gasteiger partial charge in [0.05, 0.1) is 18.9 Å². The first-order valence-electron chi connectivity index (χ1n) is 9.03. The summed E-state index contributed by atoms with van der Waals surface area (Å²) in [6.45, 7) is 2.33. The molecule has 10 heteroatoms. The lowest BCUT2D eigenvalue weighted by Crippen LogP contribution is -2.47. The summed E-state index contributed by atoms with van der Waals surface area (Å²) in [5.41, 5.74) is 3.71. The van der Waals surface area contributed by atoms with Gasteiger partial charge in [-0.25, -0.2) is 18.2 Å². The number of carbonyl (C=O) groups is 1. The van der Waals surface area contributed by atoms with Gasteiger partial charge in [0.2, 0.25) is 10.0 Å². The molecular formula is C19H23N5O4S. The lowest BCUT2D eigenvalue weighted by atomic mass is 10.1. The Morgan fingerprint density at radius 3 is 2.55 bits per heavy atom. The van der Waals surface area contributed by atoms with Crippen LogP contribution >= 0.6 is 0 Å². The molecule has 3 rings (SSSR count).